The lowest BCUT2D eigenvalue weighted by Gasteiger charge is -2.38. The van der Waals surface area contributed by atoms with Crippen LogP contribution in [0.3, 0.4) is 0 Å². The number of carbonyl (C=O) groups excluding carboxylic acids is 1. The number of likely N-dealkylation sites (tertiary alicyclic amines) is 2. The molecule has 0 aromatic heterocycles. The Kier molecular flexibility index (Phi) is 5.81. The summed E-state index contributed by atoms with van der Waals surface area (Å²) in [6.45, 7) is 10.3. The minimum atomic E-state index is -2.47. The number of hydroxylamine groups is 1. The third-order valence-electron chi connectivity index (χ3n) is 4.94. The van der Waals surface area contributed by atoms with Gasteiger partial charge in [-0.3, -0.25) is 10.0 Å². The molecule has 2 rings (SSSR count). The molecule has 1 amide bonds. The molecule has 2 fully saturated rings. The zero-order valence-electron chi connectivity index (χ0n) is 14.1. The molecule has 2 aliphatic heterocycles. The zero-order valence-corrected chi connectivity index (χ0v) is 15.0. The SMILES string of the molecule is CC(C)N1CCC(N2CC(C)(C)C(N(O)S(=O)OO)C2=O)CC1. The third-order valence-corrected chi connectivity index (χ3v) is 5.59. The van der Waals surface area contributed by atoms with E-state index in [1.165, 1.54) is 0 Å². The van der Waals surface area contributed by atoms with Crippen LogP contribution in [0.1, 0.15) is 40.5 Å². The fourth-order valence-corrected chi connectivity index (χ4v) is 4.25. The van der Waals surface area contributed by atoms with E-state index in [0.717, 1.165) is 25.9 Å². The van der Waals surface area contributed by atoms with Gasteiger partial charge >= 0.3 is 0 Å². The van der Waals surface area contributed by atoms with E-state index in [4.69, 9.17) is 5.26 Å². The van der Waals surface area contributed by atoms with Crippen molar-refractivity contribution >= 4 is 17.2 Å². The molecule has 2 unspecified atom stereocenters. The molecule has 0 bridgehead atoms. The van der Waals surface area contributed by atoms with E-state index in [1.54, 1.807) is 4.90 Å². The Hall–Kier alpha value is -0.580. The van der Waals surface area contributed by atoms with Crippen molar-refractivity contribution in [1.82, 2.24) is 14.3 Å². The maximum atomic E-state index is 12.7. The van der Waals surface area contributed by atoms with E-state index in [9.17, 15) is 14.2 Å². The predicted molar refractivity (Wildman–Crippen MR) is 84.5 cm³/mol. The Bertz CT molecular complexity index is 465. The van der Waals surface area contributed by atoms with Gasteiger partial charge in [-0.1, -0.05) is 18.3 Å². The van der Waals surface area contributed by atoms with Gasteiger partial charge in [0.1, 0.15) is 6.04 Å². The van der Waals surface area contributed by atoms with Crippen molar-refractivity contribution in [3.8, 4) is 0 Å². The molecule has 0 aliphatic carbocycles. The van der Waals surface area contributed by atoms with E-state index in [0.29, 0.717) is 17.1 Å². The lowest BCUT2D eigenvalue weighted by molar-refractivity contribution is -0.161. The van der Waals surface area contributed by atoms with E-state index in [-0.39, 0.29) is 11.9 Å². The van der Waals surface area contributed by atoms with Gasteiger partial charge in [0.2, 0.25) is 5.91 Å². The van der Waals surface area contributed by atoms with Crippen LogP contribution in [0.15, 0.2) is 0 Å². The van der Waals surface area contributed by atoms with E-state index in [1.807, 2.05) is 13.8 Å². The van der Waals surface area contributed by atoms with Gasteiger partial charge in [-0.25, -0.2) is 9.47 Å². The maximum absolute atomic E-state index is 12.7. The van der Waals surface area contributed by atoms with E-state index in [2.05, 4.69) is 23.1 Å². The molecule has 134 valence electrons. The Morgan fingerprint density at radius 1 is 1.35 bits per heavy atom. The van der Waals surface area contributed by atoms with Crippen molar-refractivity contribution in [2.24, 2.45) is 5.41 Å². The molecule has 8 nitrogen and oxygen atoms in total. The summed E-state index contributed by atoms with van der Waals surface area (Å²) in [5.41, 5.74) is -0.602. The fraction of sp³-hybridized carbons (Fsp3) is 0.929. The molecule has 0 aromatic rings. The minimum absolute atomic E-state index is 0.124. The summed E-state index contributed by atoms with van der Waals surface area (Å²) in [5.74, 6) is -0.272. The van der Waals surface area contributed by atoms with Crippen LogP contribution in [0.4, 0.5) is 0 Å². The summed E-state index contributed by atoms with van der Waals surface area (Å²) in [7, 11) is 0. The topological polar surface area (TPSA) is 93.6 Å². The number of amides is 1. The number of hydrogen-bond donors (Lipinski definition) is 2. The zero-order chi connectivity index (χ0) is 17.4. The molecular formula is C14H27N3O5S. The maximum Gasteiger partial charge on any atom is 0.290 e. The molecule has 0 radical (unpaired) electrons. The van der Waals surface area contributed by atoms with Crippen LogP contribution in [0.25, 0.3) is 0 Å². The molecule has 0 saturated carbocycles. The van der Waals surface area contributed by atoms with Crippen LogP contribution < -0.4 is 0 Å². The quantitative estimate of drug-likeness (QED) is 0.565. The summed E-state index contributed by atoms with van der Waals surface area (Å²) >= 11 is -2.47. The van der Waals surface area contributed by atoms with Crippen LogP contribution in [-0.2, 0) is 20.4 Å². The first-order valence-corrected chi connectivity index (χ1v) is 8.98. The lowest BCUT2D eigenvalue weighted by Crippen LogP contribution is -2.50. The highest BCUT2D eigenvalue weighted by molar-refractivity contribution is 7.77. The Labute approximate surface area is 139 Å². The largest absolute Gasteiger partial charge is 0.338 e. The van der Waals surface area contributed by atoms with Crippen molar-refractivity contribution in [3.63, 3.8) is 0 Å². The van der Waals surface area contributed by atoms with E-state index >= 15 is 0 Å². The number of nitrogens with zero attached hydrogens (tertiary/aromatic N) is 3. The van der Waals surface area contributed by atoms with Gasteiger partial charge in [0.15, 0.2) is 0 Å². The smallest absolute Gasteiger partial charge is 0.290 e. The van der Waals surface area contributed by atoms with Crippen molar-refractivity contribution in [2.45, 2.75) is 58.7 Å². The second-order valence-electron chi connectivity index (χ2n) is 7.31. The number of piperidine rings is 1. The number of carbonyl (C=O) groups is 1. The summed E-state index contributed by atoms with van der Waals surface area (Å²) in [4.78, 5) is 16.9. The van der Waals surface area contributed by atoms with Gasteiger partial charge in [0.05, 0.1) is 0 Å². The minimum Gasteiger partial charge on any atom is -0.338 e. The molecule has 23 heavy (non-hydrogen) atoms. The molecule has 0 aromatic carbocycles. The van der Waals surface area contributed by atoms with Crippen LogP contribution in [0.5, 0.6) is 0 Å². The Morgan fingerprint density at radius 2 is 1.91 bits per heavy atom. The first kappa shape index (κ1) is 18.8. The van der Waals surface area contributed by atoms with Gasteiger partial charge in [0.25, 0.3) is 11.3 Å². The van der Waals surface area contributed by atoms with Gasteiger partial charge in [-0.15, -0.1) is 4.33 Å². The molecular weight excluding hydrogens is 322 g/mol. The van der Waals surface area contributed by atoms with Crippen molar-refractivity contribution in [1.29, 1.82) is 0 Å². The van der Waals surface area contributed by atoms with Gasteiger partial charge in [0, 0.05) is 37.1 Å². The highest BCUT2D eigenvalue weighted by Gasteiger charge is 2.53. The fourth-order valence-electron chi connectivity index (χ4n) is 3.63. The van der Waals surface area contributed by atoms with Crippen LogP contribution in [0, 0.1) is 5.41 Å². The predicted octanol–water partition coefficient (Wildman–Crippen LogP) is 0.856. The highest BCUT2D eigenvalue weighted by atomic mass is 32.2. The standard InChI is InChI=1S/C14H27N3O5S/c1-10(2)15-7-5-11(6-8-15)16-9-14(3,4)12(13(16)18)17(19)23(21)22-20/h10-12,19-20H,5-9H2,1-4H3. The summed E-state index contributed by atoms with van der Waals surface area (Å²) in [5, 5.41) is 18.4. The van der Waals surface area contributed by atoms with Crippen LogP contribution >= 0.6 is 0 Å². The third kappa shape index (κ3) is 3.75. The average Bonchev–Trinajstić information content (AvgIpc) is 2.75. The number of hydrogen-bond acceptors (Lipinski definition) is 6. The van der Waals surface area contributed by atoms with Crippen molar-refractivity contribution in [3.05, 3.63) is 0 Å². The first-order valence-electron chi connectivity index (χ1n) is 7.95. The first-order chi connectivity index (χ1) is 10.7. The highest BCUT2D eigenvalue weighted by Crippen LogP contribution is 2.37. The summed E-state index contributed by atoms with van der Waals surface area (Å²) < 4.78 is 15.4. The lowest BCUT2D eigenvalue weighted by atomic mass is 9.88. The Morgan fingerprint density at radius 3 is 2.39 bits per heavy atom. The summed E-state index contributed by atoms with van der Waals surface area (Å²) in [6, 6.07) is -0.385. The molecule has 2 heterocycles. The van der Waals surface area contributed by atoms with Crippen molar-refractivity contribution < 1.29 is 23.8 Å². The second-order valence-corrected chi connectivity index (χ2v) is 8.27. The second kappa shape index (κ2) is 7.12. The molecule has 2 aliphatic rings. The average molecular weight is 349 g/mol. The molecule has 2 N–H and O–H groups in total. The van der Waals surface area contributed by atoms with Crippen LogP contribution in [-0.4, -0.2) is 72.6 Å². The number of rotatable bonds is 5. The molecule has 0 spiro atoms. The van der Waals surface area contributed by atoms with Gasteiger partial charge in [-0.2, -0.15) is 0 Å². The molecule has 2 atom stereocenters. The van der Waals surface area contributed by atoms with Crippen molar-refractivity contribution in [2.75, 3.05) is 19.6 Å². The normalized spacial score (nSPS) is 28.1. The summed E-state index contributed by atoms with van der Waals surface area (Å²) in [6.07, 6.45) is 1.77. The van der Waals surface area contributed by atoms with E-state index < -0.39 is 22.7 Å². The molecule has 9 heteroatoms. The monoisotopic (exact) mass is 349 g/mol. The van der Waals surface area contributed by atoms with Crippen LogP contribution in [0.2, 0.25) is 0 Å². The van der Waals surface area contributed by atoms with Gasteiger partial charge < -0.3 is 9.80 Å². The molecule has 2 saturated heterocycles. The van der Waals surface area contributed by atoms with Gasteiger partial charge in [-0.05, 0) is 26.7 Å². The Balaban J connectivity index is 2.08.